The second-order valence-corrected chi connectivity index (χ2v) is 25.0. The van der Waals surface area contributed by atoms with Gasteiger partial charge in [0.1, 0.15) is 0 Å². The van der Waals surface area contributed by atoms with Crippen molar-refractivity contribution in [3.8, 4) is 33.4 Å². The highest BCUT2D eigenvalue weighted by atomic mass is 15.2. The van der Waals surface area contributed by atoms with Crippen molar-refractivity contribution in [2.24, 2.45) is 0 Å². The fraction of sp³-hybridized carbons (Fsp3) is 0.377. The number of rotatable bonds is 22. The predicted molar refractivity (Wildman–Crippen MR) is 337 cm³/mol. The Morgan fingerprint density at radius 2 is 0.759 bits per heavy atom. The SMILES string of the molecule is CCCCCCCCC1(CCCCCCCC)c2cc(N(c3ccccc3)c3ccccc3-c3cc(C)c4c(c3)C3CCC4C3)ccc2-c2ccc(N(c3ccccc3)c3ccccc3-c3cc(C)c4c(c3)C3CCC4C3)cc21. The van der Waals surface area contributed by atoms with Crippen LogP contribution in [0.25, 0.3) is 33.4 Å². The lowest BCUT2D eigenvalue weighted by Crippen LogP contribution is -2.26. The number of para-hydroxylation sites is 4. The highest BCUT2D eigenvalue weighted by Gasteiger charge is 2.44. The number of nitrogens with zero attached hydrogens (tertiary/aromatic N) is 2. The molecule has 0 aromatic heterocycles. The van der Waals surface area contributed by atoms with E-state index < -0.39 is 0 Å². The third kappa shape index (κ3) is 9.57. The number of benzene rings is 8. The number of hydrogen-bond donors (Lipinski definition) is 0. The second-order valence-electron chi connectivity index (χ2n) is 25.0. The Bertz CT molecular complexity index is 3230. The molecule has 2 nitrogen and oxygen atoms in total. The molecule has 8 aromatic rings. The quantitative estimate of drug-likeness (QED) is 0.0624. The van der Waals surface area contributed by atoms with Gasteiger partial charge in [-0.25, -0.2) is 0 Å². The average Bonchev–Trinajstić information content (AvgIpc) is 4.46. The molecule has 0 aliphatic heterocycles. The molecule has 0 spiro atoms. The monoisotopic (exact) mass is 1040 g/mol. The molecule has 4 bridgehead atoms. The minimum absolute atomic E-state index is 0.150. The summed E-state index contributed by atoms with van der Waals surface area (Å²) in [4.78, 5) is 5.19. The van der Waals surface area contributed by atoms with Crippen molar-refractivity contribution in [1.29, 1.82) is 0 Å². The molecule has 5 aliphatic rings. The fourth-order valence-electron chi connectivity index (χ4n) is 16.5. The zero-order chi connectivity index (χ0) is 53.5. The minimum Gasteiger partial charge on any atom is -0.310 e. The maximum atomic E-state index is 2.67. The first-order valence-corrected chi connectivity index (χ1v) is 31.4. The average molecular weight is 1040 g/mol. The molecular formula is C77H84N2. The number of fused-ring (bicyclic) bond motifs is 13. The van der Waals surface area contributed by atoms with Crippen LogP contribution < -0.4 is 9.80 Å². The molecule has 2 heteroatoms. The van der Waals surface area contributed by atoms with Gasteiger partial charge in [0.2, 0.25) is 0 Å². The van der Waals surface area contributed by atoms with Gasteiger partial charge in [0.15, 0.2) is 0 Å². The third-order valence-corrected chi connectivity index (χ3v) is 20.1. The number of hydrogen-bond acceptors (Lipinski definition) is 2. The largest absolute Gasteiger partial charge is 0.310 e. The molecule has 0 N–H and O–H groups in total. The normalized spacial score (nSPS) is 18.6. The van der Waals surface area contributed by atoms with Gasteiger partial charge in [-0.15, -0.1) is 0 Å². The molecule has 0 radical (unpaired) electrons. The van der Waals surface area contributed by atoms with E-state index in [1.165, 1.54) is 205 Å². The summed E-state index contributed by atoms with van der Waals surface area (Å²) in [5, 5.41) is 0. The molecule has 0 heterocycles. The molecule has 4 unspecified atom stereocenters. The van der Waals surface area contributed by atoms with Crippen LogP contribution in [0.5, 0.6) is 0 Å². The summed E-state index contributed by atoms with van der Waals surface area (Å²) in [6.45, 7) is 9.45. The maximum Gasteiger partial charge on any atom is 0.0540 e. The Morgan fingerprint density at radius 1 is 0.367 bits per heavy atom. The van der Waals surface area contributed by atoms with Crippen LogP contribution in [0.3, 0.4) is 0 Å². The van der Waals surface area contributed by atoms with E-state index in [-0.39, 0.29) is 5.41 Å². The number of anilines is 6. The molecule has 8 aromatic carbocycles. The van der Waals surface area contributed by atoms with Crippen LogP contribution >= 0.6 is 0 Å². The van der Waals surface area contributed by atoms with Crippen molar-refractivity contribution in [1.82, 2.24) is 0 Å². The van der Waals surface area contributed by atoms with Crippen molar-refractivity contribution in [3.05, 3.63) is 214 Å². The topological polar surface area (TPSA) is 6.48 Å². The molecule has 2 fully saturated rings. The molecule has 402 valence electrons. The van der Waals surface area contributed by atoms with Gasteiger partial charge >= 0.3 is 0 Å². The van der Waals surface area contributed by atoms with E-state index in [4.69, 9.17) is 0 Å². The summed E-state index contributed by atoms with van der Waals surface area (Å²) in [7, 11) is 0. The van der Waals surface area contributed by atoms with Crippen LogP contribution in [0.15, 0.2) is 170 Å². The summed E-state index contributed by atoms with van der Waals surface area (Å²) in [5.41, 5.74) is 27.9. The first kappa shape index (κ1) is 51.8. The van der Waals surface area contributed by atoms with E-state index in [1.54, 1.807) is 22.3 Å². The predicted octanol–water partition coefficient (Wildman–Crippen LogP) is 23.1. The van der Waals surface area contributed by atoms with Gasteiger partial charge in [-0.1, -0.05) is 200 Å². The summed E-state index contributed by atoms with van der Waals surface area (Å²) < 4.78 is 0. The van der Waals surface area contributed by atoms with Gasteiger partial charge in [0.25, 0.3) is 0 Å². The van der Waals surface area contributed by atoms with E-state index in [9.17, 15) is 0 Å². The van der Waals surface area contributed by atoms with Crippen LogP contribution in [-0.4, -0.2) is 0 Å². The Kier molecular flexibility index (Phi) is 14.7. The third-order valence-electron chi connectivity index (χ3n) is 20.1. The Labute approximate surface area is 474 Å². The molecule has 79 heavy (non-hydrogen) atoms. The van der Waals surface area contributed by atoms with E-state index in [1.807, 2.05) is 0 Å². The van der Waals surface area contributed by atoms with E-state index in [0.717, 1.165) is 24.7 Å². The molecular weight excluding hydrogens is 953 g/mol. The Morgan fingerprint density at radius 3 is 1.20 bits per heavy atom. The van der Waals surface area contributed by atoms with Crippen LogP contribution in [0.1, 0.15) is 210 Å². The van der Waals surface area contributed by atoms with Gasteiger partial charge in [-0.2, -0.15) is 0 Å². The van der Waals surface area contributed by atoms with E-state index in [2.05, 4.69) is 207 Å². The van der Waals surface area contributed by atoms with Gasteiger partial charge in [0, 0.05) is 39.3 Å². The molecule has 4 atom stereocenters. The van der Waals surface area contributed by atoms with Crippen molar-refractivity contribution in [2.45, 2.75) is 185 Å². The first-order chi connectivity index (χ1) is 38.9. The zero-order valence-corrected chi connectivity index (χ0v) is 48.0. The van der Waals surface area contributed by atoms with Gasteiger partial charge in [-0.3, -0.25) is 0 Å². The smallest absolute Gasteiger partial charge is 0.0540 e. The van der Waals surface area contributed by atoms with Crippen molar-refractivity contribution in [2.75, 3.05) is 9.80 Å². The lowest BCUT2D eigenvalue weighted by Gasteiger charge is -2.35. The molecule has 2 saturated carbocycles. The first-order valence-electron chi connectivity index (χ1n) is 31.4. The van der Waals surface area contributed by atoms with Gasteiger partial charge in [0.05, 0.1) is 11.4 Å². The lowest BCUT2D eigenvalue weighted by molar-refractivity contribution is 0.398. The van der Waals surface area contributed by atoms with Gasteiger partial charge in [-0.05, 0) is 216 Å². The van der Waals surface area contributed by atoms with Gasteiger partial charge < -0.3 is 9.80 Å². The fourth-order valence-corrected chi connectivity index (χ4v) is 16.5. The second kappa shape index (κ2) is 22.5. The summed E-state index contributed by atoms with van der Waals surface area (Å²) in [6, 6.07) is 66.6. The molecule has 5 aliphatic carbocycles. The Balaban J connectivity index is 0.966. The standard InChI is InChI=1S/C77H84N2/c1-5-7-9-11-13-25-43-77(44-26-14-12-10-8-6-2)71-51-63(78(61-27-17-15-18-28-61)73-33-23-21-31-65(73)59-45-53(3)75-57-37-35-55(47-57)69(75)49-59)39-41-67(71)68-42-40-64(52-72(68)77)79(62-29-19-16-20-30-62)74-34-24-22-32-66(74)60-46-54(4)76-58-38-36-56(48-58)70(76)50-60/h15-24,27-34,39-42,45-46,49-52,55-58H,5-14,25-26,35-38,43-44,47-48H2,1-4H3. The number of aryl methyl sites for hydroxylation is 2. The maximum absolute atomic E-state index is 2.67. The van der Waals surface area contributed by atoms with E-state index in [0.29, 0.717) is 11.8 Å². The summed E-state index contributed by atoms with van der Waals surface area (Å²) in [6.07, 6.45) is 25.8. The molecule has 0 amide bonds. The highest BCUT2D eigenvalue weighted by Crippen LogP contribution is 2.60. The Hall–Kier alpha value is -6.64. The zero-order valence-electron chi connectivity index (χ0n) is 48.0. The van der Waals surface area contributed by atoms with Crippen molar-refractivity contribution in [3.63, 3.8) is 0 Å². The van der Waals surface area contributed by atoms with E-state index >= 15 is 0 Å². The number of unbranched alkanes of at least 4 members (excludes halogenated alkanes) is 10. The molecule has 0 saturated heterocycles. The van der Waals surface area contributed by atoms with Crippen LogP contribution in [-0.2, 0) is 5.41 Å². The van der Waals surface area contributed by atoms with Crippen molar-refractivity contribution >= 4 is 34.1 Å². The van der Waals surface area contributed by atoms with Crippen LogP contribution in [0.4, 0.5) is 34.1 Å². The summed E-state index contributed by atoms with van der Waals surface area (Å²) >= 11 is 0. The summed E-state index contributed by atoms with van der Waals surface area (Å²) in [5.74, 6) is 2.91. The molecule has 13 rings (SSSR count). The van der Waals surface area contributed by atoms with Crippen molar-refractivity contribution < 1.29 is 0 Å². The lowest BCUT2D eigenvalue weighted by atomic mass is 9.70. The highest BCUT2D eigenvalue weighted by molar-refractivity contribution is 5.94. The minimum atomic E-state index is -0.150. The van der Waals surface area contributed by atoms with Crippen LogP contribution in [0, 0.1) is 13.8 Å². The van der Waals surface area contributed by atoms with Crippen LogP contribution in [0.2, 0.25) is 0 Å².